The van der Waals surface area contributed by atoms with Gasteiger partial charge in [0.25, 0.3) is 5.91 Å². The van der Waals surface area contributed by atoms with E-state index in [-0.39, 0.29) is 31.4 Å². The third-order valence-corrected chi connectivity index (χ3v) is 3.42. The first-order valence-electron chi connectivity index (χ1n) is 7.14. The molecule has 1 aromatic carbocycles. The lowest BCUT2D eigenvalue weighted by Crippen LogP contribution is -2.36. The number of amides is 1. The Balaban J connectivity index is 2.61. The van der Waals surface area contributed by atoms with E-state index in [9.17, 15) is 9.59 Å². The summed E-state index contributed by atoms with van der Waals surface area (Å²) in [7, 11) is 1.33. The van der Waals surface area contributed by atoms with E-state index in [1.807, 2.05) is 32.0 Å². The number of aryl methyl sites for hydroxylation is 1. The van der Waals surface area contributed by atoms with E-state index in [0.717, 1.165) is 11.1 Å². The van der Waals surface area contributed by atoms with Gasteiger partial charge in [-0.05, 0) is 31.0 Å². The van der Waals surface area contributed by atoms with Crippen LogP contribution in [-0.4, -0.2) is 43.6 Å². The highest BCUT2D eigenvalue weighted by Crippen LogP contribution is 2.20. The molecule has 0 bridgehead atoms. The molecule has 0 saturated carbocycles. The molecule has 0 aliphatic carbocycles. The minimum Gasteiger partial charge on any atom is -0.483 e. The SMILES string of the molecule is C=CCN(CCC(=O)OC)C(=O)COc1cccc(C)c1C. The maximum Gasteiger partial charge on any atom is 0.307 e. The number of hydrogen-bond donors (Lipinski definition) is 0. The molecule has 0 heterocycles. The molecule has 0 N–H and O–H groups in total. The van der Waals surface area contributed by atoms with Crippen molar-refractivity contribution in [3.63, 3.8) is 0 Å². The van der Waals surface area contributed by atoms with Gasteiger partial charge in [0, 0.05) is 13.1 Å². The van der Waals surface area contributed by atoms with Crippen molar-refractivity contribution in [3.05, 3.63) is 42.0 Å². The van der Waals surface area contributed by atoms with Crippen molar-refractivity contribution in [1.29, 1.82) is 0 Å². The number of carbonyl (C=O) groups is 2. The Morgan fingerprint density at radius 3 is 2.68 bits per heavy atom. The van der Waals surface area contributed by atoms with Crippen LogP contribution in [0.4, 0.5) is 0 Å². The summed E-state index contributed by atoms with van der Waals surface area (Å²) in [6.45, 7) is 8.15. The van der Waals surface area contributed by atoms with Gasteiger partial charge in [-0.3, -0.25) is 9.59 Å². The molecule has 0 fully saturated rings. The minimum absolute atomic E-state index is 0.0701. The fraction of sp³-hybridized carbons (Fsp3) is 0.412. The van der Waals surface area contributed by atoms with Gasteiger partial charge in [0.15, 0.2) is 6.61 Å². The van der Waals surface area contributed by atoms with Gasteiger partial charge in [-0.2, -0.15) is 0 Å². The molecule has 5 heteroatoms. The molecule has 1 aromatic rings. The second-order valence-electron chi connectivity index (χ2n) is 4.94. The van der Waals surface area contributed by atoms with E-state index in [4.69, 9.17) is 4.74 Å². The van der Waals surface area contributed by atoms with Crippen molar-refractivity contribution in [3.8, 4) is 5.75 Å². The van der Waals surface area contributed by atoms with Crippen LogP contribution >= 0.6 is 0 Å². The molecule has 1 amide bonds. The van der Waals surface area contributed by atoms with Gasteiger partial charge in [-0.25, -0.2) is 0 Å². The van der Waals surface area contributed by atoms with Crippen LogP contribution in [0.15, 0.2) is 30.9 Å². The quantitative estimate of drug-likeness (QED) is 0.546. The predicted molar refractivity (Wildman–Crippen MR) is 84.8 cm³/mol. The molecule has 0 radical (unpaired) electrons. The summed E-state index contributed by atoms with van der Waals surface area (Å²) in [6, 6.07) is 5.72. The highest BCUT2D eigenvalue weighted by molar-refractivity contribution is 5.79. The van der Waals surface area contributed by atoms with E-state index >= 15 is 0 Å². The van der Waals surface area contributed by atoms with Crippen molar-refractivity contribution >= 4 is 11.9 Å². The summed E-state index contributed by atoms with van der Waals surface area (Å²) >= 11 is 0. The number of methoxy groups -OCH3 is 1. The third kappa shape index (κ3) is 5.24. The summed E-state index contributed by atoms with van der Waals surface area (Å²) in [5.41, 5.74) is 2.12. The van der Waals surface area contributed by atoms with E-state index in [1.54, 1.807) is 6.08 Å². The van der Waals surface area contributed by atoms with Gasteiger partial charge in [-0.1, -0.05) is 18.2 Å². The van der Waals surface area contributed by atoms with E-state index in [2.05, 4.69) is 11.3 Å². The molecule has 1 rings (SSSR count). The molecule has 0 aliphatic heterocycles. The predicted octanol–water partition coefficient (Wildman–Crippen LogP) is 2.26. The van der Waals surface area contributed by atoms with Gasteiger partial charge >= 0.3 is 5.97 Å². The molecule has 0 unspecified atom stereocenters. The number of nitrogens with zero attached hydrogens (tertiary/aromatic N) is 1. The van der Waals surface area contributed by atoms with Crippen molar-refractivity contribution in [2.75, 3.05) is 26.8 Å². The van der Waals surface area contributed by atoms with Gasteiger partial charge in [-0.15, -0.1) is 6.58 Å². The van der Waals surface area contributed by atoms with Crippen LogP contribution in [0.1, 0.15) is 17.5 Å². The summed E-state index contributed by atoms with van der Waals surface area (Å²) in [5.74, 6) is 0.155. The van der Waals surface area contributed by atoms with Crippen LogP contribution in [-0.2, 0) is 14.3 Å². The molecule has 120 valence electrons. The van der Waals surface area contributed by atoms with Crippen LogP contribution in [0, 0.1) is 13.8 Å². The van der Waals surface area contributed by atoms with Crippen LogP contribution < -0.4 is 4.74 Å². The topological polar surface area (TPSA) is 55.8 Å². The standard InChI is InChI=1S/C17H23NO4/c1-5-10-18(11-9-17(20)21-4)16(19)12-22-15-8-6-7-13(2)14(15)3/h5-8H,1,9-12H2,2-4H3. The Labute approximate surface area is 131 Å². The Bertz CT molecular complexity index is 539. The Kier molecular flexibility index (Phi) is 7.16. The third-order valence-electron chi connectivity index (χ3n) is 3.42. The maximum atomic E-state index is 12.2. The Morgan fingerprint density at radius 2 is 2.05 bits per heavy atom. The molecule has 22 heavy (non-hydrogen) atoms. The van der Waals surface area contributed by atoms with Crippen LogP contribution in [0.5, 0.6) is 5.75 Å². The van der Waals surface area contributed by atoms with Crippen molar-refractivity contribution in [2.24, 2.45) is 0 Å². The molecule has 0 spiro atoms. The van der Waals surface area contributed by atoms with E-state index in [0.29, 0.717) is 12.3 Å². The van der Waals surface area contributed by atoms with Crippen LogP contribution in [0.25, 0.3) is 0 Å². The second kappa shape index (κ2) is 8.87. The zero-order chi connectivity index (χ0) is 16.5. The number of rotatable bonds is 8. The fourth-order valence-corrected chi connectivity index (χ4v) is 1.91. The Hall–Kier alpha value is -2.30. The number of hydrogen-bond acceptors (Lipinski definition) is 4. The van der Waals surface area contributed by atoms with E-state index in [1.165, 1.54) is 12.0 Å². The average molecular weight is 305 g/mol. The van der Waals surface area contributed by atoms with Crippen molar-refractivity contribution in [1.82, 2.24) is 4.90 Å². The first-order chi connectivity index (χ1) is 10.5. The molecule has 0 saturated heterocycles. The lowest BCUT2D eigenvalue weighted by atomic mass is 10.1. The molecule has 0 aliphatic rings. The number of carbonyl (C=O) groups excluding carboxylic acids is 2. The summed E-state index contributed by atoms with van der Waals surface area (Å²) in [5, 5.41) is 0. The van der Waals surface area contributed by atoms with Gasteiger partial charge < -0.3 is 14.4 Å². The highest BCUT2D eigenvalue weighted by atomic mass is 16.5. The van der Waals surface area contributed by atoms with Gasteiger partial charge in [0.05, 0.1) is 13.5 Å². The first-order valence-corrected chi connectivity index (χ1v) is 7.14. The Morgan fingerprint density at radius 1 is 1.32 bits per heavy atom. The second-order valence-corrected chi connectivity index (χ2v) is 4.94. The average Bonchev–Trinajstić information content (AvgIpc) is 2.52. The lowest BCUT2D eigenvalue weighted by molar-refractivity contribution is -0.142. The van der Waals surface area contributed by atoms with Gasteiger partial charge in [0.1, 0.15) is 5.75 Å². The summed E-state index contributed by atoms with van der Waals surface area (Å²) in [4.78, 5) is 24.9. The summed E-state index contributed by atoms with van der Waals surface area (Å²) < 4.78 is 10.2. The largest absolute Gasteiger partial charge is 0.483 e. The summed E-state index contributed by atoms with van der Waals surface area (Å²) in [6.07, 6.45) is 1.77. The van der Waals surface area contributed by atoms with Gasteiger partial charge in [0.2, 0.25) is 0 Å². The first kappa shape index (κ1) is 17.8. The zero-order valence-corrected chi connectivity index (χ0v) is 13.4. The molecule has 0 aromatic heterocycles. The number of esters is 1. The number of ether oxygens (including phenoxy) is 2. The molecular formula is C17H23NO4. The number of benzene rings is 1. The highest BCUT2D eigenvalue weighted by Gasteiger charge is 2.15. The minimum atomic E-state index is -0.350. The monoisotopic (exact) mass is 305 g/mol. The van der Waals surface area contributed by atoms with Crippen LogP contribution in [0.2, 0.25) is 0 Å². The molecule has 0 atom stereocenters. The fourth-order valence-electron chi connectivity index (χ4n) is 1.91. The molecular weight excluding hydrogens is 282 g/mol. The lowest BCUT2D eigenvalue weighted by Gasteiger charge is -2.21. The van der Waals surface area contributed by atoms with Crippen molar-refractivity contribution in [2.45, 2.75) is 20.3 Å². The van der Waals surface area contributed by atoms with Crippen molar-refractivity contribution < 1.29 is 19.1 Å². The van der Waals surface area contributed by atoms with Crippen LogP contribution in [0.3, 0.4) is 0 Å². The molecule has 5 nitrogen and oxygen atoms in total. The zero-order valence-electron chi connectivity index (χ0n) is 13.4. The van der Waals surface area contributed by atoms with E-state index < -0.39 is 0 Å². The normalized spacial score (nSPS) is 9.95. The maximum absolute atomic E-state index is 12.2. The smallest absolute Gasteiger partial charge is 0.307 e.